The van der Waals surface area contributed by atoms with E-state index in [4.69, 9.17) is 16.3 Å². The third-order valence-electron chi connectivity index (χ3n) is 4.20. The van der Waals surface area contributed by atoms with Gasteiger partial charge in [-0.25, -0.2) is 4.98 Å². The van der Waals surface area contributed by atoms with Gasteiger partial charge in [0.05, 0.1) is 0 Å². The molecule has 1 N–H and O–H groups in total. The van der Waals surface area contributed by atoms with E-state index in [1.54, 1.807) is 29.3 Å². The first-order valence-corrected chi connectivity index (χ1v) is 9.06. The molecule has 1 aromatic carbocycles. The number of halogens is 1. The van der Waals surface area contributed by atoms with Gasteiger partial charge in [-0.2, -0.15) is 0 Å². The standard InChI is InChI=1S/C19H21ClN4O3/c20-15-4-3-5-16(12-15)23-8-10-24(11-9-23)19(26)14-27-13-18(25)22-17-6-1-2-7-21-17/h1-7,12H,8-11,13-14H2,(H,21,22,25). The molecule has 1 aromatic heterocycles. The minimum Gasteiger partial charge on any atom is -0.368 e. The van der Waals surface area contributed by atoms with E-state index in [0.29, 0.717) is 23.9 Å². The molecule has 142 valence electrons. The molecule has 1 aliphatic heterocycles. The van der Waals surface area contributed by atoms with E-state index < -0.39 is 0 Å². The second kappa shape index (κ2) is 9.34. The summed E-state index contributed by atoms with van der Waals surface area (Å²) in [5.74, 6) is -0.00628. The molecule has 2 aromatic rings. The van der Waals surface area contributed by atoms with Crippen molar-refractivity contribution in [2.75, 3.05) is 49.6 Å². The third-order valence-corrected chi connectivity index (χ3v) is 4.43. The van der Waals surface area contributed by atoms with Gasteiger partial charge in [-0.3, -0.25) is 9.59 Å². The van der Waals surface area contributed by atoms with Crippen molar-refractivity contribution in [1.82, 2.24) is 9.88 Å². The van der Waals surface area contributed by atoms with Crippen LogP contribution >= 0.6 is 11.6 Å². The Morgan fingerprint density at radius 1 is 1.07 bits per heavy atom. The van der Waals surface area contributed by atoms with Crippen molar-refractivity contribution in [2.24, 2.45) is 0 Å². The molecule has 0 unspecified atom stereocenters. The highest BCUT2D eigenvalue weighted by atomic mass is 35.5. The van der Waals surface area contributed by atoms with Crippen LogP contribution in [0.5, 0.6) is 0 Å². The molecule has 2 amide bonds. The van der Waals surface area contributed by atoms with Crippen molar-refractivity contribution in [3.05, 3.63) is 53.7 Å². The number of hydrogen-bond donors (Lipinski definition) is 1. The first-order valence-electron chi connectivity index (χ1n) is 8.69. The van der Waals surface area contributed by atoms with Gasteiger partial charge in [0.2, 0.25) is 5.91 Å². The van der Waals surface area contributed by atoms with Crippen LogP contribution in [0.3, 0.4) is 0 Å². The van der Waals surface area contributed by atoms with Crippen LogP contribution in [0.15, 0.2) is 48.7 Å². The number of piperazine rings is 1. The van der Waals surface area contributed by atoms with Gasteiger partial charge in [-0.05, 0) is 30.3 Å². The Bertz CT molecular complexity index is 780. The Balaban J connectivity index is 1.37. The molecule has 1 fully saturated rings. The quantitative estimate of drug-likeness (QED) is 0.819. The lowest BCUT2D eigenvalue weighted by atomic mass is 10.2. The molecule has 1 saturated heterocycles. The number of carbonyl (C=O) groups is 2. The summed E-state index contributed by atoms with van der Waals surface area (Å²) in [4.78, 5) is 32.0. The second-order valence-corrected chi connectivity index (χ2v) is 6.54. The first kappa shape index (κ1) is 19.1. The van der Waals surface area contributed by atoms with Crippen LogP contribution in [-0.4, -0.2) is 61.1 Å². The molecule has 27 heavy (non-hydrogen) atoms. The number of hydrogen-bond acceptors (Lipinski definition) is 5. The SMILES string of the molecule is O=C(COCC(=O)N1CCN(c2cccc(Cl)c2)CC1)Nc1ccccn1. The summed E-state index contributed by atoms with van der Waals surface area (Å²) in [7, 11) is 0. The maximum Gasteiger partial charge on any atom is 0.251 e. The van der Waals surface area contributed by atoms with Crippen molar-refractivity contribution >= 4 is 34.9 Å². The van der Waals surface area contributed by atoms with Gasteiger partial charge in [0, 0.05) is 43.1 Å². The largest absolute Gasteiger partial charge is 0.368 e. The van der Waals surface area contributed by atoms with Gasteiger partial charge in [0.25, 0.3) is 5.91 Å². The Morgan fingerprint density at radius 2 is 1.89 bits per heavy atom. The summed E-state index contributed by atoms with van der Waals surface area (Å²) >= 11 is 6.03. The van der Waals surface area contributed by atoms with Gasteiger partial charge in [0.1, 0.15) is 19.0 Å². The Labute approximate surface area is 162 Å². The molecule has 0 atom stereocenters. The van der Waals surface area contributed by atoms with Crippen molar-refractivity contribution in [1.29, 1.82) is 0 Å². The highest BCUT2D eigenvalue weighted by Crippen LogP contribution is 2.20. The number of nitrogens with zero attached hydrogens (tertiary/aromatic N) is 3. The number of pyridine rings is 1. The molecular weight excluding hydrogens is 368 g/mol. The number of benzene rings is 1. The number of rotatable bonds is 6. The normalized spacial score (nSPS) is 14.1. The van der Waals surface area contributed by atoms with Crippen molar-refractivity contribution in [2.45, 2.75) is 0 Å². The molecular formula is C19H21ClN4O3. The monoisotopic (exact) mass is 388 g/mol. The Morgan fingerprint density at radius 3 is 2.59 bits per heavy atom. The lowest BCUT2D eigenvalue weighted by molar-refractivity contribution is -0.137. The molecule has 1 aliphatic rings. The molecule has 3 rings (SSSR count). The van der Waals surface area contributed by atoms with Gasteiger partial charge in [-0.1, -0.05) is 23.7 Å². The zero-order valence-electron chi connectivity index (χ0n) is 14.8. The molecule has 2 heterocycles. The van der Waals surface area contributed by atoms with Crippen molar-refractivity contribution in [3.8, 4) is 0 Å². The Hall–Kier alpha value is -2.64. The second-order valence-electron chi connectivity index (χ2n) is 6.10. The molecule has 0 aliphatic carbocycles. The average molecular weight is 389 g/mol. The number of anilines is 2. The van der Waals surface area contributed by atoms with Gasteiger partial charge >= 0.3 is 0 Å². The topological polar surface area (TPSA) is 74.8 Å². The van der Waals surface area contributed by atoms with Gasteiger partial charge in [0.15, 0.2) is 0 Å². The van der Waals surface area contributed by atoms with E-state index in [9.17, 15) is 9.59 Å². The highest BCUT2D eigenvalue weighted by Gasteiger charge is 2.21. The number of ether oxygens (including phenoxy) is 1. The summed E-state index contributed by atoms with van der Waals surface area (Å²) in [6.07, 6.45) is 1.59. The highest BCUT2D eigenvalue weighted by molar-refractivity contribution is 6.30. The molecule has 0 radical (unpaired) electrons. The zero-order valence-corrected chi connectivity index (χ0v) is 15.6. The zero-order chi connectivity index (χ0) is 19.1. The summed E-state index contributed by atoms with van der Waals surface area (Å²) in [6.45, 7) is 2.36. The summed E-state index contributed by atoms with van der Waals surface area (Å²) in [5, 5.41) is 3.30. The molecule has 0 spiro atoms. The smallest absolute Gasteiger partial charge is 0.251 e. The predicted molar refractivity (Wildman–Crippen MR) is 104 cm³/mol. The minimum absolute atomic E-state index is 0.118. The fourth-order valence-corrected chi connectivity index (χ4v) is 3.01. The number of carbonyl (C=O) groups excluding carboxylic acids is 2. The van der Waals surface area contributed by atoms with E-state index in [1.165, 1.54) is 0 Å². The number of nitrogens with one attached hydrogen (secondary N) is 1. The molecule has 8 heteroatoms. The molecule has 7 nitrogen and oxygen atoms in total. The van der Waals surface area contributed by atoms with E-state index in [1.807, 2.05) is 24.3 Å². The minimum atomic E-state index is -0.340. The van der Waals surface area contributed by atoms with Crippen molar-refractivity contribution in [3.63, 3.8) is 0 Å². The fourth-order valence-electron chi connectivity index (χ4n) is 2.82. The van der Waals surface area contributed by atoms with Crippen LogP contribution in [0, 0.1) is 0 Å². The van der Waals surface area contributed by atoms with Gasteiger partial charge < -0.3 is 19.9 Å². The molecule has 0 saturated carbocycles. The van der Waals surface area contributed by atoms with Crippen LogP contribution in [0.25, 0.3) is 0 Å². The van der Waals surface area contributed by atoms with Crippen LogP contribution < -0.4 is 10.2 Å². The van der Waals surface area contributed by atoms with Crippen LogP contribution in [-0.2, 0) is 14.3 Å². The molecule has 0 bridgehead atoms. The summed E-state index contributed by atoms with van der Waals surface area (Å²) in [6, 6.07) is 12.9. The number of amides is 2. The van der Waals surface area contributed by atoms with Crippen molar-refractivity contribution < 1.29 is 14.3 Å². The predicted octanol–water partition coefficient (Wildman–Crippen LogP) is 2.04. The average Bonchev–Trinajstić information content (AvgIpc) is 2.69. The Kier molecular flexibility index (Phi) is 6.62. The maximum absolute atomic E-state index is 12.3. The van der Waals surface area contributed by atoms with E-state index in [0.717, 1.165) is 18.8 Å². The van der Waals surface area contributed by atoms with Crippen LogP contribution in [0.1, 0.15) is 0 Å². The maximum atomic E-state index is 12.3. The lowest BCUT2D eigenvalue weighted by Crippen LogP contribution is -2.49. The first-order chi connectivity index (χ1) is 13.1. The van der Waals surface area contributed by atoms with E-state index in [-0.39, 0.29) is 25.0 Å². The summed E-state index contributed by atoms with van der Waals surface area (Å²) in [5.41, 5.74) is 1.05. The van der Waals surface area contributed by atoms with Crippen LogP contribution in [0.2, 0.25) is 5.02 Å². The van der Waals surface area contributed by atoms with Gasteiger partial charge in [-0.15, -0.1) is 0 Å². The third kappa shape index (κ3) is 5.67. The fraction of sp³-hybridized carbons (Fsp3) is 0.316. The van der Waals surface area contributed by atoms with E-state index >= 15 is 0 Å². The van der Waals surface area contributed by atoms with Crippen LogP contribution in [0.4, 0.5) is 11.5 Å². The lowest BCUT2D eigenvalue weighted by Gasteiger charge is -2.36. The summed E-state index contributed by atoms with van der Waals surface area (Å²) < 4.78 is 5.25. The van der Waals surface area contributed by atoms with E-state index in [2.05, 4.69) is 15.2 Å². The number of aromatic nitrogens is 1.